The molecule has 0 fully saturated rings. The molecule has 0 aliphatic heterocycles. The van der Waals surface area contributed by atoms with Gasteiger partial charge in [0.05, 0.1) is 5.56 Å². The minimum absolute atomic E-state index is 0.156. The fraction of sp³-hybridized carbons (Fsp3) is 0.0714. The van der Waals surface area contributed by atoms with Gasteiger partial charge in [0, 0.05) is 12.2 Å². The number of rotatable bonds is 4. The summed E-state index contributed by atoms with van der Waals surface area (Å²) in [5.74, 6) is -2.20. The minimum atomic E-state index is -1.22. The van der Waals surface area contributed by atoms with E-state index in [-0.39, 0.29) is 23.6 Å². The van der Waals surface area contributed by atoms with Crippen molar-refractivity contribution in [3.8, 4) is 0 Å². The Morgan fingerprint density at radius 3 is 2.53 bits per heavy atom. The zero-order valence-electron chi connectivity index (χ0n) is 9.86. The smallest absolute Gasteiger partial charge is 0.337 e. The standard InChI is InChI=1S/C14H11F2NO2/c15-10-3-1-2-9(6-10)8-17-13-5-4-11(16)7-12(13)14(18)19/h1-7,17H,8H2,(H,18,19). The van der Waals surface area contributed by atoms with Crippen LogP contribution in [0.3, 0.4) is 0 Å². The molecule has 2 aromatic carbocycles. The predicted molar refractivity (Wildman–Crippen MR) is 67.1 cm³/mol. The van der Waals surface area contributed by atoms with Crippen LogP contribution in [0.25, 0.3) is 0 Å². The highest BCUT2D eigenvalue weighted by Gasteiger charge is 2.11. The van der Waals surface area contributed by atoms with E-state index in [0.717, 1.165) is 6.07 Å². The van der Waals surface area contributed by atoms with Gasteiger partial charge in [-0.1, -0.05) is 12.1 Å². The van der Waals surface area contributed by atoms with Gasteiger partial charge in [0.1, 0.15) is 11.6 Å². The Balaban J connectivity index is 2.17. The number of hydrogen-bond acceptors (Lipinski definition) is 2. The normalized spacial score (nSPS) is 10.2. The second-order valence-corrected chi connectivity index (χ2v) is 3.98. The van der Waals surface area contributed by atoms with Crippen molar-refractivity contribution in [2.24, 2.45) is 0 Å². The third kappa shape index (κ3) is 3.28. The molecule has 5 heteroatoms. The molecule has 3 nitrogen and oxygen atoms in total. The third-order valence-corrected chi connectivity index (χ3v) is 2.58. The maximum atomic E-state index is 13.0. The van der Waals surface area contributed by atoms with Crippen molar-refractivity contribution in [1.29, 1.82) is 0 Å². The van der Waals surface area contributed by atoms with Crippen LogP contribution in [0.5, 0.6) is 0 Å². The fourth-order valence-corrected chi connectivity index (χ4v) is 1.69. The number of benzene rings is 2. The molecule has 0 saturated carbocycles. The van der Waals surface area contributed by atoms with Crippen LogP contribution < -0.4 is 5.32 Å². The van der Waals surface area contributed by atoms with E-state index in [4.69, 9.17) is 5.11 Å². The average molecular weight is 263 g/mol. The number of carboxylic acids is 1. The van der Waals surface area contributed by atoms with E-state index in [2.05, 4.69) is 5.32 Å². The summed E-state index contributed by atoms with van der Waals surface area (Å²) in [7, 11) is 0. The van der Waals surface area contributed by atoms with E-state index in [9.17, 15) is 13.6 Å². The molecule has 0 heterocycles. The summed E-state index contributed by atoms with van der Waals surface area (Å²) >= 11 is 0. The Bertz CT molecular complexity index is 614. The van der Waals surface area contributed by atoms with Crippen molar-refractivity contribution < 1.29 is 18.7 Å². The first-order valence-corrected chi connectivity index (χ1v) is 5.57. The lowest BCUT2D eigenvalue weighted by atomic mass is 10.1. The Morgan fingerprint density at radius 1 is 1.11 bits per heavy atom. The molecular weight excluding hydrogens is 252 g/mol. The molecule has 0 atom stereocenters. The number of aromatic carboxylic acids is 1. The molecule has 98 valence electrons. The number of halogens is 2. The molecule has 0 unspecified atom stereocenters. The molecule has 0 aliphatic carbocycles. The molecule has 2 aromatic rings. The van der Waals surface area contributed by atoms with Gasteiger partial charge >= 0.3 is 5.97 Å². The number of carboxylic acid groups (broad SMARTS) is 1. The highest BCUT2D eigenvalue weighted by atomic mass is 19.1. The van der Waals surface area contributed by atoms with Crippen molar-refractivity contribution in [1.82, 2.24) is 0 Å². The molecule has 19 heavy (non-hydrogen) atoms. The molecule has 0 saturated heterocycles. The van der Waals surface area contributed by atoms with Gasteiger partial charge in [-0.25, -0.2) is 13.6 Å². The van der Waals surface area contributed by atoms with Gasteiger partial charge in [0.2, 0.25) is 0 Å². The SMILES string of the molecule is O=C(O)c1cc(F)ccc1NCc1cccc(F)c1. The lowest BCUT2D eigenvalue weighted by Crippen LogP contribution is -2.07. The number of anilines is 1. The number of hydrogen-bond donors (Lipinski definition) is 2. The highest BCUT2D eigenvalue weighted by Crippen LogP contribution is 2.18. The van der Waals surface area contributed by atoms with Crippen LogP contribution in [0.15, 0.2) is 42.5 Å². The molecule has 0 bridgehead atoms. The Hall–Kier alpha value is -2.43. The molecule has 2 rings (SSSR count). The van der Waals surface area contributed by atoms with Crippen LogP contribution >= 0.6 is 0 Å². The number of carbonyl (C=O) groups is 1. The maximum Gasteiger partial charge on any atom is 0.337 e. The Labute approximate surface area is 108 Å². The molecular formula is C14H11F2NO2. The first-order chi connectivity index (χ1) is 9.06. The topological polar surface area (TPSA) is 49.3 Å². The zero-order valence-corrected chi connectivity index (χ0v) is 9.86. The lowest BCUT2D eigenvalue weighted by molar-refractivity contribution is 0.0697. The molecule has 0 aliphatic rings. The first-order valence-electron chi connectivity index (χ1n) is 5.57. The monoisotopic (exact) mass is 263 g/mol. The van der Waals surface area contributed by atoms with Crippen molar-refractivity contribution >= 4 is 11.7 Å². The highest BCUT2D eigenvalue weighted by molar-refractivity contribution is 5.94. The lowest BCUT2D eigenvalue weighted by Gasteiger charge is -2.09. The largest absolute Gasteiger partial charge is 0.478 e. The summed E-state index contributed by atoms with van der Waals surface area (Å²) in [5, 5.41) is 11.8. The van der Waals surface area contributed by atoms with Gasteiger partial charge in [-0.3, -0.25) is 0 Å². The predicted octanol–water partition coefficient (Wildman–Crippen LogP) is 3.28. The van der Waals surface area contributed by atoms with Crippen molar-refractivity contribution in [2.75, 3.05) is 5.32 Å². The Kier molecular flexibility index (Phi) is 3.75. The van der Waals surface area contributed by atoms with E-state index in [1.807, 2.05) is 0 Å². The van der Waals surface area contributed by atoms with E-state index in [0.29, 0.717) is 5.56 Å². The Morgan fingerprint density at radius 2 is 1.84 bits per heavy atom. The van der Waals surface area contributed by atoms with E-state index < -0.39 is 11.8 Å². The van der Waals surface area contributed by atoms with Crippen LogP contribution in [-0.4, -0.2) is 11.1 Å². The number of nitrogens with one attached hydrogen (secondary N) is 1. The van der Waals surface area contributed by atoms with E-state index in [1.165, 1.54) is 24.3 Å². The van der Waals surface area contributed by atoms with Crippen molar-refractivity contribution in [3.63, 3.8) is 0 Å². The second-order valence-electron chi connectivity index (χ2n) is 3.98. The summed E-state index contributed by atoms with van der Waals surface area (Å²) in [4.78, 5) is 11.0. The van der Waals surface area contributed by atoms with Gasteiger partial charge in [0.25, 0.3) is 0 Å². The summed E-state index contributed by atoms with van der Waals surface area (Å²) in [5.41, 5.74) is 0.801. The fourth-order valence-electron chi connectivity index (χ4n) is 1.69. The second kappa shape index (κ2) is 5.48. The van der Waals surface area contributed by atoms with Gasteiger partial charge < -0.3 is 10.4 Å². The van der Waals surface area contributed by atoms with Crippen molar-refractivity contribution in [3.05, 3.63) is 65.2 Å². The zero-order chi connectivity index (χ0) is 13.8. The van der Waals surface area contributed by atoms with Crippen LogP contribution in [-0.2, 0) is 6.54 Å². The third-order valence-electron chi connectivity index (χ3n) is 2.58. The van der Waals surface area contributed by atoms with Crippen LogP contribution in [0, 0.1) is 11.6 Å². The van der Waals surface area contributed by atoms with E-state index in [1.54, 1.807) is 12.1 Å². The molecule has 2 N–H and O–H groups in total. The van der Waals surface area contributed by atoms with Crippen LogP contribution in [0.2, 0.25) is 0 Å². The van der Waals surface area contributed by atoms with Gasteiger partial charge in [-0.05, 0) is 35.9 Å². The summed E-state index contributed by atoms with van der Waals surface area (Å²) < 4.78 is 26.0. The summed E-state index contributed by atoms with van der Waals surface area (Å²) in [6, 6.07) is 9.39. The summed E-state index contributed by atoms with van der Waals surface area (Å²) in [6.45, 7) is 0.254. The molecule has 0 amide bonds. The molecule has 0 spiro atoms. The van der Waals surface area contributed by atoms with Crippen molar-refractivity contribution in [2.45, 2.75) is 6.54 Å². The van der Waals surface area contributed by atoms with Gasteiger partial charge in [-0.15, -0.1) is 0 Å². The van der Waals surface area contributed by atoms with Crippen LogP contribution in [0.1, 0.15) is 15.9 Å². The minimum Gasteiger partial charge on any atom is -0.478 e. The van der Waals surface area contributed by atoms with Gasteiger partial charge in [-0.2, -0.15) is 0 Å². The van der Waals surface area contributed by atoms with Gasteiger partial charge in [0.15, 0.2) is 0 Å². The quantitative estimate of drug-likeness (QED) is 0.890. The maximum absolute atomic E-state index is 13.0. The average Bonchev–Trinajstić information content (AvgIpc) is 2.37. The summed E-state index contributed by atoms with van der Waals surface area (Å²) in [6.07, 6.45) is 0. The van der Waals surface area contributed by atoms with Crippen LogP contribution in [0.4, 0.5) is 14.5 Å². The first kappa shape index (κ1) is 13.0. The van der Waals surface area contributed by atoms with E-state index >= 15 is 0 Å². The molecule has 0 aromatic heterocycles. The molecule has 0 radical (unpaired) electrons.